The van der Waals surface area contributed by atoms with Gasteiger partial charge in [-0.05, 0) is 66.6 Å². The van der Waals surface area contributed by atoms with Crippen LogP contribution in [0.4, 0.5) is 16.2 Å². The Morgan fingerprint density at radius 1 is 0.914 bits per heavy atom. The third kappa shape index (κ3) is 6.95. The molecule has 2 amide bonds. The molecule has 1 saturated carbocycles. The lowest BCUT2D eigenvalue weighted by Gasteiger charge is -2.18. The van der Waals surface area contributed by atoms with E-state index in [1.165, 1.54) is 44.1 Å². The van der Waals surface area contributed by atoms with Gasteiger partial charge in [0.15, 0.2) is 0 Å². The van der Waals surface area contributed by atoms with E-state index in [1.807, 2.05) is 55.5 Å². The number of hydrogen-bond donors (Lipinski definition) is 2. The summed E-state index contributed by atoms with van der Waals surface area (Å²) in [4.78, 5) is 23.6. The summed E-state index contributed by atoms with van der Waals surface area (Å²) in [5.74, 6) is 1.19. The van der Waals surface area contributed by atoms with Crippen molar-refractivity contribution in [3.05, 3.63) is 78.4 Å². The largest absolute Gasteiger partial charge is 0.488 e. The second-order valence-electron chi connectivity index (χ2n) is 9.30. The highest BCUT2D eigenvalue weighted by Gasteiger charge is 2.16. The molecule has 3 aromatic rings. The third-order valence-electron chi connectivity index (χ3n) is 6.59. The maximum absolute atomic E-state index is 12.6. The zero-order valence-electron chi connectivity index (χ0n) is 20.3. The predicted octanol–water partition coefficient (Wildman–Crippen LogP) is 7.79. The Morgan fingerprint density at radius 3 is 2.29 bits per heavy atom. The van der Waals surface area contributed by atoms with Crippen LogP contribution in [0.1, 0.15) is 63.4 Å². The molecule has 1 aliphatic carbocycles. The van der Waals surface area contributed by atoms with Crippen molar-refractivity contribution >= 4 is 23.7 Å². The number of carbonyl (C=O) groups is 2. The molecule has 182 valence electrons. The molecule has 0 aromatic heterocycles. The summed E-state index contributed by atoms with van der Waals surface area (Å²) in [5, 5.41) is 5.70. The standard InChI is InChI=1S/C30H34N2O3/c1-22(19-20-33)35-29-21-26(17-18-28(29)32-30(34)31-27-11-7-4-8-12-27)25-15-13-24(14-16-25)23-9-5-2-3-6-10-23/h4,7-8,11-18,20-23H,2-3,5-6,9-10,19H2,1H3,(H2,31,32,34). The summed E-state index contributed by atoms with van der Waals surface area (Å²) in [6.45, 7) is 1.84. The number of nitrogens with one attached hydrogen (secondary N) is 2. The van der Waals surface area contributed by atoms with E-state index in [1.54, 1.807) is 0 Å². The Morgan fingerprint density at radius 2 is 1.60 bits per heavy atom. The van der Waals surface area contributed by atoms with E-state index in [0.717, 1.165) is 17.4 Å². The lowest BCUT2D eigenvalue weighted by Crippen LogP contribution is -2.21. The Labute approximate surface area is 207 Å². The lowest BCUT2D eigenvalue weighted by molar-refractivity contribution is -0.109. The predicted molar refractivity (Wildman–Crippen MR) is 142 cm³/mol. The van der Waals surface area contributed by atoms with Gasteiger partial charge in [-0.25, -0.2) is 4.79 Å². The number of amides is 2. The van der Waals surface area contributed by atoms with Gasteiger partial charge in [0.2, 0.25) is 0 Å². The van der Waals surface area contributed by atoms with Gasteiger partial charge in [0.25, 0.3) is 0 Å². The van der Waals surface area contributed by atoms with Gasteiger partial charge in [-0.1, -0.05) is 74.2 Å². The molecule has 5 heteroatoms. The normalized spacial score (nSPS) is 15.0. The summed E-state index contributed by atoms with van der Waals surface area (Å²) in [6, 6.07) is 23.5. The number of ether oxygens (including phenoxy) is 1. The van der Waals surface area contributed by atoms with E-state index in [9.17, 15) is 9.59 Å². The Balaban J connectivity index is 1.53. The van der Waals surface area contributed by atoms with Crippen LogP contribution in [0, 0.1) is 0 Å². The lowest BCUT2D eigenvalue weighted by atomic mass is 9.90. The number of para-hydroxylation sites is 1. The fourth-order valence-corrected chi connectivity index (χ4v) is 4.67. The summed E-state index contributed by atoms with van der Waals surface area (Å²) in [6.07, 6.45) is 8.70. The van der Waals surface area contributed by atoms with Crippen molar-refractivity contribution in [3.63, 3.8) is 0 Å². The molecule has 0 spiro atoms. The van der Waals surface area contributed by atoms with Gasteiger partial charge >= 0.3 is 6.03 Å². The molecule has 35 heavy (non-hydrogen) atoms. The van der Waals surface area contributed by atoms with Crippen LogP contribution in [-0.2, 0) is 4.79 Å². The summed E-state index contributed by atoms with van der Waals surface area (Å²) in [7, 11) is 0. The number of urea groups is 1. The fraction of sp³-hybridized carbons (Fsp3) is 0.333. The van der Waals surface area contributed by atoms with Crippen molar-refractivity contribution < 1.29 is 14.3 Å². The van der Waals surface area contributed by atoms with E-state index in [4.69, 9.17) is 4.74 Å². The summed E-state index contributed by atoms with van der Waals surface area (Å²) in [5.41, 5.74) is 4.76. The van der Waals surface area contributed by atoms with Gasteiger partial charge in [-0.3, -0.25) is 0 Å². The van der Waals surface area contributed by atoms with Gasteiger partial charge in [0.05, 0.1) is 5.69 Å². The Bertz CT molecular complexity index is 1100. The highest BCUT2D eigenvalue weighted by molar-refractivity contribution is 6.00. The van der Waals surface area contributed by atoms with Gasteiger partial charge in [-0.2, -0.15) is 0 Å². The van der Waals surface area contributed by atoms with Crippen molar-refractivity contribution in [1.29, 1.82) is 0 Å². The molecule has 1 unspecified atom stereocenters. The molecule has 1 atom stereocenters. The number of rotatable bonds is 8. The van der Waals surface area contributed by atoms with E-state index < -0.39 is 0 Å². The van der Waals surface area contributed by atoms with Crippen LogP contribution < -0.4 is 15.4 Å². The first-order valence-electron chi connectivity index (χ1n) is 12.6. The van der Waals surface area contributed by atoms with E-state index in [2.05, 4.69) is 34.9 Å². The minimum Gasteiger partial charge on any atom is -0.488 e. The van der Waals surface area contributed by atoms with Gasteiger partial charge < -0.3 is 20.2 Å². The molecule has 2 N–H and O–H groups in total. The van der Waals surface area contributed by atoms with Crippen LogP contribution in [0.25, 0.3) is 11.1 Å². The number of hydrogen-bond acceptors (Lipinski definition) is 3. The first kappa shape index (κ1) is 24.5. The van der Waals surface area contributed by atoms with Gasteiger partial charge in [0.1, 0.15) is 18.1 Å². The zero-order valence-corrected chi connectivity index (χ0v) is 20.3. The average Bonchev–Trinajstić information content (AvgIpc) is 3.16. The molecule has 0 heterocycles. The minimum atomic E-state index is -0.357. The Hall–Kier alpha value is -3.60. The minimum absolute atomic E-state index is 0.274. The highest BCUT2D eigenvalue weighted by Crippen LogP contribution is 2.35. The third-order valence-corrected chi connectivity index (χ3v) is 6.59. The maximum atomic E-state index is 12.6. The number of carbonyl (C=O) groups excluding carboxylic acids is 2. The second-order valence-corrected chi connectivity index (χ2v) is 9.30. The van der Waals surface area contributed by atoms with Crippen LogP contribution in [-0.4, -0.2) is 18.4 Å². The van der Waals surface area contributed by atoms with Crippen LogP contribution in [0.3, 0.4) is 0 Å². The molecule has 0 bridgehead atoms. The van der Waals surface area contributed by atoms with Crippen LogP contribution in [0.5, 0.6) is 5.75 Å². The maximum Gasteiger partial charge on any atom is 0.323 e. The molecule has 0 aliphatic heterocycles. The molecular formula is C30H34N2O3. The molecule has 0 saturated heterocycles. The summed E-state index contributed by atoms with van der Waals surface area (Å²) >= 11 is 0. The zero-order chi connectivity index (χ0) is 24.5. The molecule has 1 aliphatic rings. The van der Waals surface area contributed by atoms with Crippen LogP contribution in [0.2, 0.25) is 0 Å². The number of benzene rings is 3. The molecule has 4 rings (SSSR count). The van der Waals surface area contributed by atoms with Crippen molar-refractivity contribution in [2.24, 2.45) is 0 Å². The molecule has 5 nitrogen and oxygen atoms in total. The van der Waals surface area contributed by atoms with E-state index in [0.29, 0.717) is 23.0 Å². The summed E-state index contributed by atoms with van der Waals surface area (Å²) < 4.78 is 6.06. The highest BCUT2D eigenvalue weighted by atomic mass is 16.5. The smallest absolute Gasteiger partial charge is 0.323 e. The van der Waals surface area contributed by atoms with E-state index in [-0.39, 0.29) is 18.6 Å². The van der Waals surface area contributed by atoms with Crippen molar-refractivity contribution in [3.8, 4) is 16.9 Å². The molecular weight excluding hydrogens is 436 g/mol. The molecule has 3 aromatic carbocycles. The van der Waals surface area contributed by atoms with Gasteiger partial charge in [-0.15, -0.1) is 0 Å². The van der Waals surface area contributed by atoms with Crippen molar-refractivity contribution in [2.75, 3.05) is 10.6 Å². The SMILES string of the molecule is CC(CC=O)Oc1cc(-c2ccc(C3CCCCCC3)cc2)ccc1NC(=O)Nc1ccccc1. The number of anilines is 2. The van der Waals surface area contributed by atoms with Crippen LogP contribution in [0.15, 0.2) is 72.8 Å². The van der Waals surface area contributed by atoms with Crippen molar-refractivity contribution in [2.45, 2.75) is 63.9 Å². The first-order valence-corrected chi connectivity index (χ1v) is 12.6. The van der Waals surface area contributed by atoms with Gasteiger partial charge in [0, 0.05) is 12.1 Å². The monoisotopic (exact) mass is 470 g/mol. The van der Waals surface area contributed by atoms with Crippen LogP contribution >= 0.6 is 0 Å². The quantitative estimate of drug-likeness (QED) is 0.261. The van der Waals surface area contributed by atoms with E-state index >= 15 is 0 Å². The molecule has 0 radical (unpaired) electrons. The second kappa shape index (κ2) is 12.2. The fourth-order valence-electron chi connectivity index (χ4n) is 4.67. The Kier molecular flexibility index (Phi) is 8.55. The van der Waals surface area contributed by atoms with Crippen molar-refractivity contribution in [1.82, 2.24) is 0 Å². The average molecular weight is 471 g/mol. The number of aldehydes is 1. The molecule has 1 fully saturated rings. The first-order chi connectivity index (χ1) is 17.1. The topological polar surface area (TPSA) is 67.4 Å².